The number of carbonyl (C=O) groups is 2. The van der Waals surface area contributed by atoms with Crippen molar-refractivity contribution in [1.82, 2.24) is 5.32 Å². The maximum Gasteiger partial charge on any atom is 0.237 e. The van der Waals surface area contributed by atoms with Gasteiger partial charge in [0.2, 0.25) is 5.91 Å². The fraction of sp³-hybridized carbons (Fsp3) is 0.429. The molecule has 0 heterocycles. The van der Waals surface area contributed by atoms with Gasteiger partial charge in [0, 0.05) is 6.42 Å². The SMILES string of the molecule is CCC(=O)[C@H](C)NC(=O)[C@@H](N)Cc1ccc(O)cc1. The van der Waals surface area contributed by atoms with Crippen LogP contribution in [0.2, 0.25) is 0 Å². The zero-order valence-electron chi connectivity index (χ0n) is 11.2. The lowest BCUT2D eigenvalue weighted by Crippen LogP contribution is -2.47. The molecule has 0 saturated carbocycles. The number of aromatic hydroxyl groups is 1. The topological polar surface area (TPSA) is 92.4 Å². The van der Waals surface area contributed by atoms with E-state index < -0.39 is 12.1 Å². The highest BCUT2D eigenvalue weighted by atomic mass is 16.3. The summed E-state index contributed by atoms with van der Waals surface area (Å²) >= 11 is 0. The van der Waals surface area contributed by atoms with Crippen LogP contribution in [-0.4, -0.2) is 28.9 Å². The minimum atomic E-state index is -0.711. The molecule has 0 aliphatic rings. The third-order valence-corrected chi connectivity index (χ3v) is 2.92. The van der Waals surface area contributed by atoms with Crippen molar-refractivity contribution in [2.45, 2.75) is 38.8 Å². The minimum Gasteiger partial charge on any atom is -0.508 e. The van der Waals surface area contributed by atoms with Gasteiger partial charge >= 0.3 is 0 Å². The summed E-state index contributed by atoms with van der Waals surface area (Å²) in [5, 5.41) is 11.8. The summed E-state index contributed by atoms with van der Waals surface area (Å²) in [5.41, 5.74) is 6.65. The molecule has 0 spiro atoms. The Kier molecular flexibility index (Phi) is 5.51. The smallest absolute Gasteiger partial charge is 0.237 e. The first-order chi connectivity index (χ1) is 8.93. The van der Waals surface area contributed by atoms with Crippen molar-refractivity contribution in [3.8, 4) is 5.75 Å². The molecule has 5 heteroatoms. The van der Waals surface area contributed by atoms with E-state index in [1.165, 1.54) is 0 Å². The second-order valence-corrected chi connectivity index (χ2v) is 4.53. The fourth-order valence-electron chi connectivity index (χ4n) is 1.69. The second kappa shape index (κ2) is 6.89. The summed E-state index contributed by atoms with van der Waals surface area (Å²) < 4.78 is 0. The molecule has 0 radical (unpaired) electrons. The predicted molar refractivity (Wildman–Crippen MR) is 72.7 cm³/mol. The van der Waals surface area contributed by atoms with E-state index in [-0.39, 0.29) is 17.4 Å². The molecule has 1 amide bonds. The molecule has 1 aromatic rings. The van der Waals surface area contributed by atoms with Gasteiger partial charge in [-0.15, -0.1) is 0 Å². The Balaban J connectivity index is 2.53. The summed E-state index contributed by atoms with van der Waals surface area (Å²) in [5.74, 6) is -0.198. The highest BCUT2D eigenvalue weighted by molar-refractivity contribution is 5.90. The van der Waals surface area contributed by atoms with E-state index in [9.17, 15) is 9.59 Å². The van der Waals surface area contributed by atoms with E-state index in [0.717, 1.165) is 5.56 Å². The standard InChI is InChI=1S/C14H20N2O3/c1-3-13(18)9(2)16-14(19)12(15)8-10-4-6-11(17)7-5-10/h4-7,9,12,17H,3,8,15H2,1-2H3,(H,16,19)/t9-,12-/m0/s1. The Hall–Kier alpha value is -1.88. The zero-order chi connectivity index (χ0) is 14.4. The molecule has 0 unspecified atom stereocenters. The highest BCUT2D eigenvalue weighted by Crippen LogP contribution is 2.10. The number of nitrogens with two attached hydrogens (primary N) is 1. The average Bonchev–Trinajstić information content (AvgIpc) is 2.40. The van der Waals surface area contributed by atoms with Gasteiger partial charge in [-0.1, -0.05) is 19.1 Å². The van der Waals surface area contributed by atoms with Gasteiger partial charge < -0.3 is 16.2 Å². The van der Waals surface area contributed by atoms with Crippen LogP contribution < -0.4 is 11.1 Å². The Labute approximate surface area is 112 Å². The maximum atomic E-state index is 11.8. The van der Waals surface area contributed by atoms with Gasteiger partial charge in [0.1, 0.15) is 5.75 Å². The predicted octanol–water partition coefficient (Wildman–Crippen LogP) is 0.746. The van der Waals surface area contributed by atoms with Gasteiger partial charge in [0.25, 0.3) is 0 Å². The van der Waals surface area contributed by atoms with E-state index in [4.69, 9.17) is 10.8 Å². The van der Waals surface area contributed by atoms with Crippen LogP contribution in [0.1, 0.15) is 25.8 Å². The molecule has 0 aliphatic carbocycles. The highest BCUT2D eigenvalue weighted by Gasteiger charge is 2.19. The molecule has 4 N–H and O–H groups in total. The Morgan fingerprint density at radius 3 is 2.42 bits per heavy atom. The number of carbonyl (C=O) groups excluding carboxylic acids is 2. The monoisotopic (exact) mass is 264 g/mol. The third kappa shape index (κ3) is 4.71. The molecule has 0 fully saturated rings. The van der Waals surface area contributed by atoms with Crippen molar-refractivity contribution in [2.24, 2.45) is 5.73 Å². The number of amides is 1. The van der Waals surface area contributed by atoms with Gasteiger partial charge in [-0.2, -0.15) is 0 Å². The van der Waals surface area contributed by atoms with Crippen molar-refractivity contribution in [3.05, 3.63) is 29.8 Å². The fourth-order valence-corrected chi connectivity index (χ4v) is 1.69. The van der Waals surface area contributed by atoms with Crippen LogP contribution in [0.3, 0.4) is 0 Å². The van der Waals surface area contributed by atoms with Crippen molar-refractivity contribution < 1.29 is 14.7 Å². The molecule has 2 atom stereocenters. The summed E-state index contributed by atoms with van der Waals surface area (Å²) in [6, 6.07) is 5.29. The van der Waals surface area contributed by atoms with Gasteiger partial charge in [-0.25, -0.2) is 0 Å². The van der Waals surface area contributed by atoms with E-state index in [1.807, 2.05) is 0 Å². The zero-order valence-corrected chi connectivity index (χ0v) is 11.2. The van der Waals surface area contributed by atoms with E-state index in [2.05, 4.69) is 5.32 Å². The summed E-state index contributed by atoms with van der Waals surface area (Å²) in [6.45, 7) is 3.40. The number of phenolic OH excluding ortho intramolecular Hbond substituents is 1. The van der Waals surface area contributed by atoms with Crippen LogP contribution in [0.15, 0.2) is 24.3 Å². The quantitative estimate of drug-likeness (QED) is 0.706. The van der Waals surface area contributed by atoms with Crippen LogP contribution in [0.5, 0.6) is 5.75 Å². The lowest BCUT2D eigenvalue weighted by atomic mass is 10.1. The number of ketones is 1. The number of hydrogen-bond donors (Lipinski definition) is 3. The molecule has 0 aliphatic heterocycles. The van der Waals surface area contributed by atoms with Crippen molar-refractivity contribution >= 4 is 11.7 Å². The second-order valence-electron chi connectivity index (χ2n) is 4.53. The number of Topliss-reactive ketones (excluding diaryl/α,β-unsaturated/α-hetero) is 1. The average molecular weight is 264 g/mol. The van der Waals surface area contributed by atoms with E-state index in [0.29, 0.717) is 12.8 Å². The molecule has 1 rings (SSSR count). The molecule has 5 nitrogen and oxygen atoms in total. The Morgan fingerprint density at radius 2 is 1.89 bits per heavy atom. The van der Waals surface area contributed by atoms with Crippen LogP contribution in [-0.2, 0) is 16.0 Å². The molecular weight excluding hydrogens is 244 g/mol. The lowest BCUT2D eigenvalue weighted by molar-refractivity contribution is -0.128. The Morgan fingerprint density at radius 1 is 1.32 bits per heavy atom. The van der Waals surface area contributed by atoms with E-state index in [1.54, 1.807) is 38.1 Å². The first-order valence-electron chi connectivity index (χ1n) is 6.30. The third-order valence-electron chi connectivity index (χ3n) is 2.92. The van der Waals surface area contributed by atoms with Crippen LogP contribution in [0.4, 0.5) is 0 Å². The largest absolute Gasteiger partial charge is 0.508 e. The van der Waals surface area contributed by atoms with Crippen molar-refractivity contribution in [3.63, 3.8) is 0 Å². The van der Waals surface area contributed by atoms with Crippen LogP contribution in [0, 0.1) is 0 Å². The summed E-state index contributed by atoms with van der Waals surface area (Å²) in [6.07, 6.45) is 0.744. The van der Waals surface area contributed by atoms with Crippen LogP contribution in [0.25, 0.3) is 0 Å². The van der Waals surface area contributed by atoms with Gasteiger partial charge in [0.15, 0.2) is 5.78 Å². The molecule has 1 aromatic carbocycles. The number of nitrogens with one attached hydrogen (secondary N) is 1. The van der Waals surface area contributed by atoms with Gasteiger partial charge in [-0.05, 0) is 31.0 Å². The van der Waals surface area contributed by atoms with Gasteiger partial charge in [0.05, 0.1) is 12.1 Å². The lowest BCUT2D eigenvalue weighted by Gasteiger charge is -2.16. The van der Waals surface area contributed by atoms with Gasteiger partial charge in [-0.3, -0.25) is 9.59 Å². The number of rotatable bonds is 6. The van der Waals surface area contributed by atoms with Crippen LogP contribution >= 0.6 is 0 Å². The van der Waals surface area contributed by atoms with Crippen molar-refractivity contribution in [1.29, 1.82) is 0 Å². The molecule has 0 bridgehead atoms. The summed E-state index contributed by atoms with van der Waals surface area (Å²) in [7, 11) is 0. The Bertz CT molecular complexity index is 443. The molecule has 0 aromatic heterocycles. The van der Waals surface area contributed by atoms with E-state index >= 15 is 0 Å². The molecule has 19 heavy (non-hydrogen) atoms. The minimum absolute atomic E-state index is 0.0230. The summed E-state index contributed by atoms with van der Waals surface area (Å²) in [4.78, 5) is 23.2. The molecule has 104 valence electrons. The molecular formula is C14H20N2O3. The normalized spacial score (nSPS) is 13.6. The maximum absolute atomic E-state index is 11.8. The number of benzene rings is 1. The first-order valence-corrected chi connectivity index (χ1v) is 6.30. The molecule has 0 saturated heterocycles. The number of phenols is 1. The number of hydrogen-bond acceptors (Lipinski definition) is 4. The first kappa shape index (κ1) is 15.2. The van der Waals surface area contributed by atoms with Crippen molar-refractivity contribution in [2.75, 3.05) is 0 Å².